The van der Waals surface area contributed by atoms with Gasteiger partial charge >= 0.3 is 12.2 Å². The van der Waals surface area contributed by atoms with Crippen molar-refractivity contribution in [3.63, 3.8) is 0 Å². The molecule has 2 unspecified atom stereocenters. The van der Waals surface area contributed by atoms with Crippen molar-refractivity contribution >= 4 is 23.4 Å². The second kappa shape index (κ2) is 9.78. The van der Waals surface area contributed by atoms with Gasteiger partial charge in [0.05, 0.1) is 17.0 Å². The monoisotopic (exact) mass is 547 g/mol. The normalized spacial score (nSPS) is 19.1. The summed E-state index contributed by atoms with van der Waals surface area (Å²) in [5.74, 6) is 0.217. The minimum atomic E-state index is -4.45. The Hall–Kier alpha value is -4.74. The van der Waals surface area contributed by atoms with Crippen LogP contribution in [-0.2, 0) is 23.9 Å². The van der Waals surface area contributed by atoms with E-state index in [1.54, 1.807) is 12.1 Å². The Morgan fingerprint density at radius 2 is 1.80 bits per heavy atom. The molecule has 2 atom stereocenters. The number of nitrogens with zero attached hydrogens (tertiary/aromatic N) is 6. The predicted molar refractivity (Wildman–Crippen MR) is 140 cm³/mol. The molecule has 204 valence electrons. The molecule has 4 aromatic rings. The second-order valence-corrected chi connectivity index (χ2v) is 9.61. The van der Waals surface area contributed by atoms with Crippen molar-refractivity contribution in [1.82, 2.24) is 29.5 Å². The molecular formula is C28H24F3N7O2. The highest BCUT2D eigenvalue weighted by molar-refractivity contribution is 6.04. The van der Waals surface area contributed by atoms with E-state index in [0.717, 1.165) is 29.2 Å². The van der Waals surface area contributed by atoms with Crippen molar-refractivity contribution in [3.8, 4) is 11.3 Å². The molecule has 9 nitrogen and oxygen atoms in total. The van der Waals surface area contributed by atoms with Crippen molar-refractivity contribution in [3.05, 3.63) is 90.0 Å². The fourth-order valence-corrected chi connectivity index (χ4v) is 5.12. The number of urea groups is 1. The maximum absolute atomic E-state index is 13.0. The van der Waals surface area contributed by atoms with Gasteiger partial charge in [-0.2, -0.15) is 13.2 Å². The summed E-state index contributed by atoms with van der Waals surface area (Å²) >= 11 is 0. The molecular weight excluding hydrogens is 523 g/mol. The summed E-state index contributed by atoms with van der Waals surface area (Å²) in [4.78, 5) is 42.4. The van der Waals surface area contributed by atoms with Crippen molar-refractivity contribution in [1.29, 1.82) is 0 Å². The number of carbonyl (C=O) groups excluding carboxylic acids is 2. The second-order valence-electron chi connectivity index (χ2n) is 9.61. The molecule has 0 saturated carbocycles. The lowest BCUT2D eigenvalue weighted by Crippen LogP contribution is -2.64. The van der Waals surface area contributed by atoms with Crippen LogP contribution in [0, 0.1) is 0 Å². The van der Waals surface area contributed by atoms with Gasteiger partial charge in [-0.15, -0.1) is 0 Å². The average molecular weight is 548 g/mol. The average Bonchev–Trinajstić information content (AvgIpc) is 3.50. The standard InChI is InChI=1S/C28H24F3N7O2/c1-2-37-25-24(26(39)35-27(37)40)38(23(34-25)13-20-16-36-12-4-3-5-22(36)33-20)15-17-6-8-18(9-7-17)21-11-10-19(14-32-21)28(29,30)31/h3-12,14,16,24-25H,2,13,15H2,1H3,(H,35,39,40). The summed E-state index contributed by atoms with van der Waals surface area (Å²) in [7, 11) is 0. The van der Waals surface area contributed by atoms with Gasteiger partial charge in [0.2, 0.25) is 0 Å². The van der Waals surface area contributed by atoms with Crippen molar-refractivity contribution in [2.75, 3.05) is 6.54 Å². The first-order chi connectivity index (χ1) is 19.2. The van der Waals surface area contributed by atoms with Crippen molar-refractivity contribution in [2.45, 2.75) is 38.3 Å². The smallest absolute Gasteiger partial charge is 0.340 e. The van der Waals surface area contributed by atoms with Crippen LogP contribution >= 0.6 is 0 Å². The van der Waals surface area contributed by atoms with E-state index in [-0.39, 0.29) is 0 Å². The predicted octanol–water partition coefficient (Wildman–Crippen LogP) is 4.14. The molecule has 3 amide bonds. The number of amides is 3. The zero-order valence-corrected chi connectivity index (χ0v) is 21.3. The minimum Gasteiger partial charge on any atom is -0.340 e. The number of fused-ring (bicyclic) bond motifs is 2. The number of hydrogen-bond acceptors (Lipinski definition) is 6. The number of aliphatic imine (C=N–C) groups is 1. The number of likely N-dealkylation sites (N-methyl/N-ethyl adjacent to an activating group) is 1. The number of rotatable bonds is 6. The van der Waals surface area contributed by atoms with Gasteiger partial charge in [-0.1, -0.05) is 30.3 Å². The van der Waals surface area contributed by atoms with E-state index in [0.29, 0.717) is 36.6 Å². The first-order valence-corrected chi connectivity index (χ1v) is 12.7. The highest BCUT2D eigenvalue weighted by atomic mass is 19.4. The lowest BCUT2D eigenvalue weighted by atomic mass is 10.1. The number of imide groups is 1. The molecule has 0 spiro atoms. The number of amidine groups is 1. The van der Waals surface area contributed by atoms with E-state index in [4.69, 9.17) is 4.99 Å². The first-order valence-electron chi connectivity index (χ1n) is 12.7. The summed E-state index contributed by atoms with van der Waals surface area (Å²) < 4.78 is 40.6. The van der Waals surface area contributed by atoms with Crippen LogP contribution in [0.3, 0.4) is 0 Å². The molecule has 1 N–H and O–H groups in total. The third kappa shape index (κ3) is 4.65. The summed E-state index contributed by atoms with van der Waals surface area (Å²) in [6.07, 6.45) is -0.118. The third-order valence-electron chi connectivity index (χ3n) is 7.10. The number of nitrogens with one attached hydrogen (secondary N) is 1. The maximum Gasteiger partial charge on any atom is 0.417 e. The van der Waals surface area contributed by atoms with Crippen LogP contribution in [0.1, 0.15) is 23.7 Å². The Balaban J connectivity index is 1.28. The molecule has 0 bridgehead atoms. The number of imidazole rings is 1. The molecule has 1 saturated heterocycles. The molecule has 6 rings (SSSR count). The van der Waals surface area contributed by atoms with Gasteiger partial charge < -0.3 is 9.30 Å². The maximum atomic E-state index is 13.0. The lowest BCUT2D eigenvalue weighted by Gasteiger charge is -2.37. The van der Waals surface area contributed by atoms with Crippen LogP contribution in [-0.4, -0.2) is 60.7 Å². The summed E-state index contributed by atoms with van der Waals surface area (Å²) in [6.45, 7) is 2.54. The zero-order chi connectivity index (χ0) is 28.0. The zero-order valence-electron chi connectivity index (χ0n) is 21.3. The Kier molecular flexibility index (Phi) is 6.24. The molecule has 3 aromatic heterocycles. The number of hydrogen-bond donors (Lipinski definition) is 1. The summed E-state index contributed by atoms with van der Waals surface area (Å²) in [6, 6.07) is 14.1. The Bertz CT molecular complexity index is 1580. The minimum absolute atomic E-state index is 0.327. The Morgan fingerprint density at radius 3 is 2.48 bits per heavy atom. The lowest BCUT2D eigenvalue weighted by molar-refractivity contribution is -0.137. The SMILES string of the molecule is CCN1C(=O)NC(=O)C2C1N=C(Cc1cn3ccccc3n1)N2Cc1ccc(-c2ccc(C(F)(F)F)cn2)cc1. The Morgan fingerprint density at radius 1 is 1.00 bits per heavy atom. The topological polar surface area (TPSA) is 95.2 Å². The number of halogens is 3. The Labute approximate surface area is 227 Å². The van der Waals surface area contributed by atoms with Crippen LogP contribution < -0.4 is 5.32 Å². The van der Waals surface area contributed by atoms with Gasteiger partial charge in [-0.05, 0) is 36.8 Å². The van der Waals surface area contributed by atoms with Gasteiger partial charge in [0, 0.05) is 43.7 Å². The first kappa shape index (κ1) is 25.5. The third-order valence-corrected chi connectivity index (χ3v) is 7.10. The molecule has 40 heavy (non-hydrogen) atoms. The van der Waals surface area contributed by atoms with Gasteiger partial charge in [-0.3, -0.25) is 20.0 Å². The molecule has 5 heterocycles. The fourth-order valence-electron chi connectivity index (χ4n) is 5.12. The molecule has 2 aliphatic rings. The van der Waals surface area contributed by atoms with Gasteiger partial charge in [0.15, 0.2) is 12.2 Å². The quantitative estimate of drug-likeness (QED) is 0.392. The van der Waals surface area contributed by atoms with Crippen LogP contribution in [0.15, 0.2) is 78.2 Å². The van der Waals surface area contributed by atoms with Crippen LogP contribution in [0.2, 0.25) is 0 Å². The van der Waals surface area contributed by atoms with Gasteiger partial charge in [0.25, 0.3) is 5.91 Å². The number of pyridine rings is 2. The van der Waals surface area contributed by atoms with Crippen molar-refractivity contribution < 1.29 is 22.8 Å². The van der Waals surface area contributed by atoms with Crippen molar-refractivity contribution in [2.24, 2.45) is 4.99 Å². The van der Waals surface area contributed by atoms with Crippen LogP contribution in [0.25, 0.3) is 16.9 Å². The molecule has 1 aromatic carbocycles. The molecule has 2 aliphatic heterocycles. The molecule has 1 fully saturated rings. The molecule has 12 heteroatoms. The number of benzene rings is 1. The van der Waals surface area contributed by atoms with Gasteiger partial charge in [-0.25, -0.2) is 14.8 Å². The highest BCUT2D eigenvalue weighted by Crippen LogP contribution is 2.31. The van der Waals surface area contributed by atoms with E-state index in [1.165, 1.54) is 11.0 Å². The summed E-state index contributed by atoms with van der Waals surface area (Å²) in [5, 5.41) is 2.44. The number of alkyl halides is 3. The van der Waals surface area contributed by atoms with E-state index < -0.39 is 35.9 Å². The van der Waals surface area contributed by atoms with E-state index in [1.807, 2.05) is 58.9 Å². The number of aromatic nitrogens is 3. The molecule has 0 radical (unpaired) electrons. The highest BCUT2D eigenvalue weighted by Gasteiger charge is 2.49. The number of carbonyl (C=O) groups is 2. The van der Waals surface area contributed by atoms with Gasteiger partial charge in [0.1, 0.15) is 11.5 Å². The fraction of sp³-hybridized carbons (Fsp3) is 0.250. The summed E-state index contributed by atoms with van der Waals surface area (Å²) in [5.41, 5.74) is 2.68. The van der Waals surface area contributed by atoms with E-state index in [9.17, 15) is 22.8 Å². The van der Waals surface area contributed by atoms with E-state index in [2.05, 4.69) is 15.3 Å². The largest absolute Gasteiger partial charge is 0.417 e. The van der Waals surface area contributed by atoms with Crippen LogP contribution in [0.5, 0.6) is 0 Å². The van der Waals surface area contributed by atoms with Crippen LogP contribution in [0.4, 0.5) is 18.0 Å². The van der Waals surface area contributed by atoms with E-state index >= 15 is 0 Å². The molecule has 0 aliphatic carbocycles.